The average molecular weight is 431 g/mol. The van der Waals surface area contributed by atoms with Crippen molar-refractivity contribution in [3.8, 4) is 16.9 Å². The van der Waals surface area contributed by atoms with Crippen molar-refractivity contribution in [2.24, 2.45) is 0 Å². The van der Waals surface area contributed by atoms with Crippen molar-refractivity contribution in [3.05, 3.63) is 57.3 Å². The molecule has 0 aliphatic carbocycles. The number of amides is 1. The highest BCUT2D eigenvalue weighted by molar-refractivity contribution is 7.91. The fraction of sp³-hybridized carbons (Fsp3) is 0.222. The number of hydrogen-bond acceptors (Lipinski definition) is 5. The minimum atomic E-state index is -4.75. The number of benzene rings is 1. The number of carbonyl (C=O) groups is 1. The van der Waals surface area contributed by atoms with Gasteiger partial charge in [-0.3, -0.25) is 9.59 Å². The summed E-state index contributed by atoms with van der Waals surface area (Å²) in [5, 5.41) is 2.28. The first kappa shape index (κ1) is 20.8. The van der Waals surface area contributed by atoms with E-state index >= 15 is 0 Å². The summed E-state index contributed by atoms with van der Waals surface area (Å²) in [6.45, 7) is 1.06. The zero-order chi connectivity index (χ0) is 21.7. The third-order valence-corrected chi connectivity index (χ3v) is 6.18. The number of fused-ring (bicyclic) bond motifs is 3. The molecular weight excluding hydrogens is 418 g/mol. The number of ether oxygens (including phenoxy) is 1. The summed E-state index contributed by atoms with van der Waals surface area (Å²) in [5.74, 6) is -10.5. The summed E-state index contributed by atoms with van der Waals surface area (Å²) in [5.41, 5.74) is -2.45. The van der Waals surface area contributed by atoms with E-state index in [0.717, 1.165) is 25.1 Å². The second kappa shape index (κ2) is 7.14. The van der Waals surface area contributed by atoms with Crippen molar-refractivity contribution in [2.75, 3.05) is 12.9 Å². The van der Waals surface area contributed by atoms with Gasteiger partial charge in [0.1, 0.15) is 4.90 Å². The lowest BCUT2D eigenvalue weighted by Gasteiger charge is -2.16. The fourth-order valence-electron chi connectivity index (χ4n) is 3.21. The van der Waals surface area contributed by atoms with Gasteiger partial charge >= 0.3 is 0 Å². The zero-order valence-electron chi connectivity index (χ0n) is 15.0. The summed E-state index contributed by atoms with van der Waals surface area (Å²) >= 11 is 0. The smallest absolute Gasteiger partial charge is 0.220 e. The van der Waals surface area contributed by atoms with Crippen LogP contribution in [0.5, 0.6) is 5.75 Å². The number of carbonyl (C=O) groups excluding carboxylic acids is 1. The Bertz CT molecular complexity index is 1210. The average Bonchev–Trinajstić information content (AvgIpc) is 2.84. The van der Waals surface area contributed by atoms with Crippen LogP contribution in [0.4, 0.5) is 17.6 Å². The second-order valence-electron chi connectivity index (χ2n) is 6.27. The molecule has 0 aromatic heterocycles. The minimum absolute atomic E-state index is 0.222. The van der Waals surface area contributed by atoms with Crippen molar-refractivity contribution in [2.45, 2.75) is 17.9 Å². The molecule has 0 spiro atoms. The number of halogens is 4. The van der Waals surface area contributed by atoms with Crippen molar-refractivity contribution in [1.29, 1.82) is 0 Å². The maximum absolute atomic E-state index is 14.7. The van der Waals surface area contributed by atoms with Gasteiger partial charge in [0.05, 0.1) is 18.9 Å². The number of nitrogens with one attached hydrogen (secondary N) is 1. The number of methoxy groups -OCH3 is 1. The molecule has 0 fully saturated rings. The Hall–Kier alpha value is -2.95. The molecule has 0 saturated heterocycles. The Labute approximate surface area is 162 Å². The van der Waals surface area contributed by atoms with Gasteiger partial charge in [0.25, 0.3) is 0 Å². The van der Waals surface area contributed by atoms with Gasteiger partial charge < -0.3 is 10.1 Å². The third kappa shape index (κ3) is 3.35. The zero-order valence-corrected chi connectivity index (χ0v) is 15.8. The molecule has 1 atom stereocenters. The van der Waals surface area contributed by atoms with Gasteiger partial charge in [-0.1, -0.05) is 6.07 Å². The van der Waals surface area contributed by atoms with Crippen LogP contribution < -0.4 is 15.5 Å². The fourth-order valence-corrected chi connectivity index (χ4v) is 4.96. The highest BCUT2D eigenvalue weighted by Gasteiger charge is 2.39. The van der Waals surface area contributed by atoms with Crippen molar-refractivity contribution < 1.29 is 35.5 Å². The topological polar surface area (TPSA) is 89.5 Å². The summed E-state index contributed by atoms with van der Waals surface area (Å²) in [7, 11) is -3.59. The van der Waals surface area contributed by atoms with Gasteiger partial charge in [0, 0.05) is 12.5 Å². The molecule has 6 nitrogen and oxygen atoms in total. The van der Waals surface area contributed by atoms with Gasteiger partial charge in [-0.15, -0.1) is 0 Å². The van der Waals surface area contributed by atoms with Gasteiger partial charge in [-0.2, -0.15) is 0 Å². The van der Waals surface area contributed by atoms with Crippen LogP contribution >= 0.6 is 0 Å². The normalized spacial score (nSPS) is 17.0. The SMILES string of the molecule is COc1ccc2c(cc1=O)[C@@H](NC(C)=O)CS(=O)(=O)c1c(F)c(F)c(F)c(F)c1-2. The quantitative estimate of drug-likeness (QED) is 0.341. The van der Waals surface area contributed by atoms with E-state index < -0.39 is 72.3 Å². The first-order valence-corrected chi connectivity index (χ1v) is 9.73. The van der Waals surface area contributed by atoms with Crippen LogP contribution in [0.2, 0.25) is 0 Å². The Balaban J connectivity index is 2.57. The van der Waals surface area contributed by atoms with Gasteiger partial charge in [-0.05, 0) is 23.3 Å². The predicted octanol–water partition coefficient (Wildman–Crippen LogP) is 2.24. The van der Waals surface area contributed by atoms with E-state index in [1.54, 1.807) is 0 Å². The molecule has 154 valence electrons. The van der Waals surface area contributed by atoms with Crippen LogP contribution in [0, 0.1) is 23.3 Å². The molecule has 0 radical (unpaired) electrons. The molecule has 1 aliphatic heterocycles. The number of sulfone groups is 1. The molecule has 1 heterocycles. The second-order valence-corrected chi connectivity index (χ2v) is 8.24. The van der Waals surface area contributed by atoms with Crippen LogP contribution in [0.25, 0.3) is 11.1 Å². The number of hydrogen-bond donors (Lipinski definition) is 1. The lowest BCUT2D eigenvalue weighted by molar-refractivity contribution is -0.119. The van der Waals surface area contributed by atoms with E-state index in [-0.39, 0.29) is 11.3 Å². The lowest BCUT2D eigenvalue weighted by Crippen LogP contribution is -2.31. The summed E-state index contributed by atoms with van der Waals surface area (Å²) < 4.78 is 87.2. The molecule has 1 amide bonds. The lowest BCUT2D eigenvalue weighted by atomic mass is 9.97. The molecule has 0 unspecified atom stereocenters. The first-order valence-electron chi connectivity index (χ1n) is 8.08. The molecule has 2 aromatic carbocycles. The predicted molar refractivity (Wildman–Crippen MR) is 93.1 cm³/mol. The standard InChI is InChI=1S/C18H13F4NO5S/c1-7(24)23-10-6-29(26,27)18-13(14(19)15(20)16(21)17(18)22)8-3-4-12(28-2)11(25)5-9(8)10/h3-5,10H,6H2,1-2H3,(H,23,24)/t10-/m0/s1. The van der Waals surface area contributed by atoms with Crippen LogP contribution in [-0.2, 0) is 14.6 Å². The molecule has 0 bridgehead atoms. The first-order chi connectivity index (χ1) is 13.5. The Morgan fingerprint density at radius 2 is 1.72 bits per heavy atom. The van der Waals surface area contributed by atoms with Crippen molar-refractivity contribution >= 4 is 15.7 Å². The molecule has 11 heteroatoms. The third-order valence-electron chi connectivity index (χ3n) is 4.41. The van der Waals surface area contributed by atoms with Gasteiger partial charge in [-0.25, -0.2) is 26.0 Å². The molecular formula is C18H13F4NO5S. The van der Waals surface area contributed by atoms with Crippen LogP contribution in [0.3, 0.4) is 0 Å². The molecule has 1 N–H and O–H groups in total. The molecule has 0 saturated carbocycles. The molecule has 1 aliphatic rings. The highest BCUT2D eigenvalue weighted by Crippen LogP contribution is 2.42. The van der Waals surface area contributed by atoms with Crippen LogP contribution in [0.1, 0.15) is 18.5 Å². The summed E-state index contributed by atoms with van der Waals surface area (Å²) in [6.07, 6.45) is 0. The Morgan fingerprint density at radius 3 is 2.31 bits per heavy atom. The highest BCUT2D eigenvalue weighted by atomic mass is 32.2. The van der Waals surface area contributed by atoms with Crippen molar-refractivity contribution in [1.82, 2.24) is 5.32 Å². The van der Waals surface area contributed by atoms with E-state index in [1.165, 1.54) is 7.11 Å². The monoisotopic (exact) mass is 431 g/mol. The van der Waals surface area contributed by atoms with Crippen molar-refractivity contribution in [3.63, 3.8) is 0 Å². The molecule has 3 rings (SSSR count). The van der Waals surface area contributed by atoms with E-state index in [0.29, 0.717) is 0 Å². The van der Waals surface area contributed by atoms with E-state index in [9.17, 15) is 35.6 Å². The number of rotatable bonds is 2. The Kier molecular flexibility index (Phi) is 5.11. The van der Waals surface area contributed by atoms with Crippen LogP contribution in [-0.4, -0.2) is 27.2 Å². The minimum Gasteiger partial charge on any atom is -0.493 e. The molecule has 2 aromatic rings. The van der Waals surface area contributed by atoms with E-state index in [1.807, 2.05) is 0 Å². The molecule has 29 heavy (non-hydrogen) atoms. The maximum Gasteiger partial charge on any atom is 0.220 e. The van der Waals surface area contributed by atoms with Gasteiger partial charge in [0.2, 0.25) is 11.3 Å². The van der Waals surface area contributed by atoms with E-state index in [2.05, 4.69) is 5.32 Å². The Morgan fingerprint density at radius 1 is 1.10 bits per heavy atom. The largest absolute Gasteiger partial charge is 0.493 e. The van der Waals surface area contributed by atoms with Crippen LogP contribution in [0.15, 0.2) is 27.9 Å². The summed E-state index contributed by atoms with van der Waals surface area (Å²) in [4.78, 5) is 22.5. The summed E-state index contributed by atoms with van der Waals surface area (Å²) in [6, 6.07) is 1.52. The maximum atomic E-state index is 14.7. The van der Waals surface area contributed by atoms with Gasteiger partial charge in [0.15, 0.2) is 38.9 Å². The van der Waals surface area contributed by atoms with E-state index in [4.69, 9.17) is 4.74 Å².